The summed E-state index contributed by atoms with van der Waals surface area (Å²) < 4.78 is 0. The first-order valence-electron chi connectivity index (χ1n) is 6.50. The van der Waals surface area contributed by atoms with Gasteiger partial charge in [0.15, 0.2) is 0 Å². The van der Waals surface area contributed by atoms with Crippen LogP contribution in [0.2, 0.25) is 0 Å². The van der Waals surface area contributed by atoms with Crippen molar-refractivity contribution in [2.45, 2.75) is 52.6 Å². The minimum Gasteiger partial charge on any atom is -0.393 e. The minimum absolute atomic E-state index is 0.0493. The van der Waals surface area contributed by atoms with E-state index >= 15 is 0 Å². The second-order valence-electron chi connectivity index (χ2n) is 6.11. The molecule has 0 aromatic carbocycles. The summed E-state index contributed by atoms with van der Waals surface area (Å²) in [7, 11) is 0. The first-order valence-corrected chi connectivity index (χ1v) is 6.50. The highest BCUT2D eigenvalue weighted by Crippen LogP contribution is 2.52. The van der Waals surface area contributed by atoms with Crippen LogP contribution < -0.4 is 0 Å². The fourth-order valence-electron chi connectivity index (χ4n) is 3.32. The van der Waals surface area contributed by atoms with Crippen LogP contribution in [0.3, 0.4) is 0 Å². The van der Waals surface area contributed by atoms with Gasteiger partial charge in [0.1, 0.15) is 0 Å². The van der Waals surface area contributed by atoms with Crippen LogP contribution in [-0.2, 0) is 0 Å². The molecule has 1 nitrogen and oxygen atoms in total. The first-order chi connectivity index (χ1) is 7.45. The summed E-state index contributed by atoms with van der Waals surface area (Å²) in [6.07, 6.45) is 6.26. The zero-order valence-corrected chi connectivity index (χ0v) is 10.8. The quantitative estimate of drug-likeness (QED) is 0.668. The van der Waals surface area contributed by atoms with Gasteiger partial charge in [-0.2, -0.15) is 0 Å². The van der Waals surface area contributed by atoms with E-state index in [1.165, 1.54) is 5.57 Å². The topological polar surface area (TPSA) is 20.2 Å². The number of aliphatic hydroxyl groups is 1. The Morgan fingerprint density at radius 1 is 1.50 bits per heavy atom. The van der Waals surface area contributed by atoms with Crippen molar-refractivity contribution in [3.8, 4) is 0 Å². The lowest BCUT2D eigenvalue weighted by atomic mass is 9.57. The SMILES string of the molecule is C=C1CC[C@@H](O)[C@]2(C)CC=C(C(C)C)C[C@@H]12. The molecule has 16 heavy (non-hydrogen) atoms. The summed E-state index contributed by atoms with van der Waals surface area (Å²) in [6, 6.07) is 0. The second-order valence-corrected chi connectivity index (χ2v) is 6.11. The monoisotopic (exact) mass is 220 g/mol. The Labute approximate surface area is 99.3 Å². The molecule has 0 radical (unpaired) electrons. The summed E-state index contributed by atoms with van der Waals surface area (Å²) >= 11 is 0. The van der Waals surface area contributed by atoms with Crippen molar-refractivity contribution in [3.05, 3.63) is 23.8 Å². The van der Waals surface area contributed by atoms with Crippen molar-refractivity contribution < 1.29 is 5.11 Å². The van der Waals surface area contributed by atoms with Gasteiger partial charge < -0.3 is 5.11 Å². The number of aliphatic hydroxyl groups excluding tert-OH is 1. The predicted octanol–water partition coefficient (Wildman–Crippen LogP) is 3.70. The van der Waals surface area contributed by atoms with Gasteiger partial charge in [-0.15, -0.1) is 0 Å². The molecular formula is C15H24O. The van der Waals surface area contributed by atoms with Gasteiger partial charge in [-0.3, -0.25) is 0 Å². The number of hydrogen-bond acceptors (Lipinski definition) is 1. The number of hydrogen-bond donors (Lipinski definition) is 1. The van der Waals surface area contributed by atoms with E-state index in [-0.39, 0.29) is 11.5 Å². The van der Waals surface area contributed by atoms with E-state index in [1.807, 2.05) is 0 Å². The number of allylic oxidation sites excluding steroid dienone is 3. The molecule has 0 saturated heterocycles. The number of fused-ring (bicyclic) bond motifs is 1. The third-order valence-corrected chi connectivity index (χ3v) is 4.77. The molecule has 1 heteroatoms. The van der Waals surface area contributed by atoms with Gasteiger partial charge in [-0.1, -0.05) is 44.6 Å². The van der Waals surface area contributed by atoms with E-state index in [0.717, 1.165) is 25.7 Å². The van der Waals surface area contributed by atoms with Gasteiger partial charge in [0, 0.05) is 5.41 Å². The Balaban J connectivity index is 2.29. The maximum absolute atomic E-state index is 10.2. The molecule has 1 saturated carbocycles. The zero-order valence-electron chi connectivity index (χ0n) is 10.8. The van der Waals surface area contributed by atoms with E-state index in [9.17, 15) is 5.11 Å². The molecule has 0 amide bonds. The fourth-order valence-corrected chi connectivity index (χ4v) is 3.32. The van der Waals surface area contributed by atoms with Gasteiger partial charge in [0.05, 0.1) is 6.10 Å². The van der Waals surface area contributed by atoms with Crippen LogP contribution in [0.1, 0.15) is 46.5 Å². The largest absolute Gasteiger partial charge is 0.393 e. The molecule has 0 aromatic rings. The average molecular weight is 220 g/mol. The standard InChI is InChI=1S/C15H24O/c1-10(2)12-7-8-15(4)13(9-12)11(3)5-6-14(15)16/h7,10,13-14,16H,3,5-6,8-9H2,1-2,4H3/t13-,14+,15+/m0/s1. The van der Waals surface area contributed by atoms with Crippen LogP contribution in [-0.4, -0.2) is 11.2 Å². The maximum Gasteiger partial charge on any atom is 0.0605 e. The molecule has 2 aliphatic rings. The molecule has 0 bridgehead atoms. The molecule has 0 spiro atoms. The summed E-state index contributed by atoms with van der Waals surface area (Å²) in [6.45, 7) is 11.0. The lowest BCUT2D eigenvalue weighted by molar-refractivity contribution is -0.0226. The van der Waals surface area contributed by atoms with Crippen LogP contribution in [0, 0.1) is 17.3 Å². The Bertz CT molecular complexity index is 326. The van der Waals surface area contributed by atoms with Gasteiger partial charge in [0.2, 0.25) is 0 Å². The molecule has 90 valence electrons. The lowest BCUT2D eigenvalue weighted by Gasteiger charge is -2.49. The van der Waals surface area contributed by atoms with Crippen molar-refractivity contribution in [2.24, 2.45) is 17.3 Å². The Morgan fingerprint density at radius 2 is 2.19 bits per heavy atom. The van der Waals surface area contributed by atoms with E-state index in [0.29, 0.717) is 11.8 Å². The molecule has 1 fully saturated rings. The van der Waals surface area contributed by atoms with Crippen LogP contribution in [0.4, 0.5) is 0 Å². The molecular weight excluding hydrogens is 196 g/mol. The van der Waals surface area contributed by atoms with E-state index in [4.69, 9.17) is 0 Å². The van der Waals surface area contributed by atoms with Crippen LogP contribution in [0.25, 0.3) is 0 Å². The highest BCUT2D eigenvalue weighted by Gasteiger charge is 2.46. The van der Waals surface area contributed by atoms with E-state index in [1.54, 1.807) is 5.57 Å². The molecule has 1 N–H and O–H groups in total. The summed E-state index contributed by atoms with van der Waals surface area (Å²) in [5.74, 6) is 1.13. The third kappa shape index (κ3) is 1.75. The fraction of sp³-hybridized carbons (Fsp3) is 0.733. The first kappa shape index (κ1) is 11.9. The highest BCUT2D eigenvalue weighted by molar-refractivity contribution is 5.24. The van der Waals surface area contributed by atoms with Gasteiger partial charge in [0.25, 0.3) is 0 Å². The van der Waals surface area contributed by atoms with E-state index < -0.39 is 0 Å². The minimum atomic E-state index is -0.145. The van der Waals surface area contributed by atoms with Gasteiger partial charge >= 0.3 is 0 Å². The smallest absolute Gasteiger partial charge is 0.0605 e. The molecule has 3 atom stereocenters. The molecule has 0 heterocycles. The van der Waals surface area contributed by atoms with Gasteiger partial charge in [-0.05, 0) is 37.5 Å². The summed E-state index contributed by atoms with van der Waals surface area (Å²) in [5, 5.41) is 10.2. The molecule has 2 rings (SSSR count). The zero-order chi connectivity index (χ0) is 11.9. The molecule has 2 aliphatic carbocycles. The van der Waals surface area contributed by atoms with Crippen molar-refractivity contribution in [1.29, 1.82) is 0 Å². The average Bonchev–Trinajstić information content (AvgIpc) is 2.24. The summed E-state index contributed by atoms with van der Waals surface area (Å²) in [4.78, 5) is 0. The Hall–Kier alpha value is -0.560. The van der Waals surface area contributed by atoms with Gasteiger partial charge in [-0.25, -0.2) is 0 Å². The van der Waals surface area contributed by atoms with E-state index in [2.05, 4.69) is 33.4 Å². The molecule has 0 aromatic heterocycles. The maximum atomic E-state index is 10.2. The molecule has 0 aliphatic heterocycles. The van der Waals surface area contributed by atoms with Crippen molar-refractivity contribution in [1.82, 2.24) is 0 Å². The van der Waals surface area contributed by atoms with Crippen molar-refractivity contribution >= 4 is 0 Å². The van der Waals surface area contributed by atoms with Crippen molar-refractivity contribution in [2.75, 3.05) is 0 Å². The normalized spacial score (nSPS) is 39.6. The lowest BCUT2D eigenvalue weighted by Crippen LogP contribution is -2.45. The molecule has 0 unspecified atom stereocenters. The summed E-state index contributed by atoms with van der Waals surface area (Å²) in [5.41, 5.74) is 2.96. The Kier molecular flexibility index (Phi) is 3.00. The second kappa shape index (κ2) is 4.03. The van der Waals surface area contributed by atoms with Crippen molar-refractivity contribution in [3.63, 3.8) is 0 Å². The highest BCUT2D eigenvalue weighted by atomic mass is 16.3. The van der Waals surface area contributed by atoms with Crippen LogP contribution >= 0.6 is 0 Å². The number of rotatable bonds is 1. The predicted molar refractivity (Wildman–Crippen MR) is 68.1 cm³/mol. The van der Waals surface area contributed by atoms with Crippen LogP contribution in [0.15, 0.2) is 23.8 Å². The van der Waals surface area contributed by atoms with Crippen LogP contribution in [0.5, 0.6) is 0 Å². The Morgan fingerprint density at radius 3 is 2.81 bits per heavy atom. The third-order valence-electron chi connectivity index (χ3n) is 4.77.